The zero-order chi connectivity index (χ0) is 22.1. The van der Waals surface area contributed by atoms with Gasteiger partial charge in [0.1, 0.15) is 18.8 Å². The number of methoxy groups -OCH3 is 1. The van der Waals surface area contributed by atoms with Gasteiger partial charge in [-0.25, -0.2) is 0 Å². The van der Waals surface area contributed by atoms with Gasteiger partial charge in [0.05, 0.1) is 18.4 Å². The minimum absolute atomic E-state index is 0.0275. The van der Waals surface area contributed by atoms with Crippen molar-refractivity contribution in [1.29, 1.82) is 5.26 Å². The maximum atomic E-state index is 12.4. The van der Waals surface area contributed by atoms with Crippen LogP contribution in [0.4, 0.5) is 5.69 Å². The summed E-state index contributed by atoms with van der Waals surface area (Å²) in [4.78, 5) is 12.4. The Labute approximate surface area is 181 Å². The van der Waals surface area contributed by atoms with E-state index < -0.39 is 0 Å². The molecule has 0 aromatic heterocycles. The molecule has 7 nitrogen and oxygen atoms in total. The Balaban J connectivity index is 1.87. The summed E-state index contributed by atoms with van der Waals surface area (Å²) < 4.78 is 17.3. The number of carbonyl (C=O) groups excluding carboxylic acids is 1. The van der Waals surface area contributed by atoms with Gasteiger partial charge in [-0.3, -0.25) is 4.79 Å². The Hall–Kier alpha value is -3.94. The van der Waals surface area contributed by atoms with Crippen molar-refractivity contribution in [1.82, 2.24) is 5.32 Å². The monoisotopic (exact) mass is 417 g/mol. The van der Waals surface area contributed by atoms with E-state index in [2.05, 4.69) is 22.6 Å². The molecule has 2 aromatic carbocycles. The van der Waals surface area contributed by atoms with Gasteiger partial charge in [0.25, 0.3) is 0 Å². The number of hydrogen-bond acceptors (Lipinski definition) is 6. The molecule has 31 heavy (non-hydrogen) atoms. The number of benzene rings is 2. The van der Waals surface area contributed by atoms with Crippen molar-refractivity contribution < 1.29 is 19.0 Å². The van der Waals surface area contributed by atoms with Crippen molar-refractivity contribution in [2.24, 2.45) is 0 Å². The number of para-hydroxylation sites is 1. The number of terminal acetylenes is 1. The van der Waals surface area contributed by atoms with E-state index in [9.17, 15) is 10.1 Å². The number of hydrogen-bond donors (Lipinski definition) is 2. The smallest absolute Gasteiger partial charge is 0.248 e. The first-order valence-electron chi connectivity index (χ1n) is 9.79. The molecular weight excluding hydrogens is 394 g/mol. The Bertz CT molecular complexity index is 1040. The van der Waals surface area contributed by atoms with Gasteiger partial charge in [-0.2, -0.15) is 5.26 Å². The molecule has 2 aromatic rings. The largest absolute Gasteiger partial charge is 0.490 e. The predicted octanol–water partition coefficient (Wildman–Crippen LogP) is 2.97. The highest BCUT2D eigenvalue weighted by atomic mass is 16.5. The summed E-state index contributed by atoms with van der Waals surface area (Å²) in [6, 6.07) is 12.4. The fraction of sp³-hybridized carbons (Fsp3) is 0.250. The molecule has 1 fully saturated rings. The van der Waals surface area contributed by atoms with Crippen LogP contribution in [0.15, 0.2) is 42.5 Å². The van der Waals surface area contributed by atoms with Crippen molar-refractivity contribution in [2.45, 2.75) is 12.5 Å². The zero-order valence-corrected chi connectivity index (χ0v) is 17.2. The maximum absolute atomic E-state index is 12.4. The first-order valence-corrected chi connectivity index (χ1v) is 9.79. The van der Waals surface area contributed by atoms with Gasteiger partial charge in [0.15, 0.2) is 11.5 Å². The fourth-order valence-electron chi connectivity index (χ4n) is 3.16. The molecule has 0 radical (unpaired) electrons. The van der Waals surface area contributed by atoms with Gasteiger partial charge in [0.2, 0.25) is 11.7 Å². The lowest BCUT2D eigenvalue weighted by Crippen LogP contribution is -2.20. The van der Waals surface area contributed by atoms with E-state index in [0.29, 0.717) is 40.6 Å². The van der Waals surface area contributed by atoms with Crippen molar-refractivity contribution in [3.8, 4) is 35.7 Å². The summed E-state index contributed by atoms with van der Waals surface area (Å²) >= 11 is 0. The second kappa shape index (κ2) is 10.7. The van der Waals surface area contributed by atoms with Crippen LogP contribution in [0.25, 0.3) is 6.08 Å². The minimum Gasteiger partial charge on any atom is -0.490 e. The molecule has 0 saturated carbocycles. The minimum atomic E-state index is -0.372. The number of amides is 1. The van der Waals surface area contributed by atoms with Crippen molar-refractivity contribution in [3.63, 3.8) is 0 Å². The van der Waals surface area contributed by atoms with E-state index in [4.69, 9.17) is 20.6 Å². The van der Waals surface area contributed by atoms with Crippen molar-refractivity contribution >= 4 is 17.7 Å². The Morgan fingerprint density at radius 1 is 1.32 bits per heavy atom. The normalized spacial score (nSPS) is 15.1. The van der Waals surface area contributed by atoms with Gasteiger partial charge >= 0.3 is 0 Å². The van der Waals surface area contributed by atoms with Gasteiger partial charge in [-0.1, -0.05) is 18.1 Å². The number of nitriles is 1. The van der Waals surface area contributed by atoms with Crippen LogP contribution in [0.5, 0.6) is 17.2 Å². The number of nitrogens with zero attached hydrogens (tertiary/aromatic N) is 1. The summed E-state index contributed by atoms with van der Waals surface area (Å²) in [5.41, 5.74) is 1.49. The Kier molecular flexibility index (Phi) is 7.53. The number of rotatable bonds is 8. The van der Waals surface area contributed by atoms with E-state index in [1.54, 1.807) is 42.5 Å². The number of carbonyl (C=O) groups is 1. The fourth-order valence-corrected chi connectivity index (χ4v) is 3.16. The second-order valence-electron chi connectivity index (χ2n) is 6.72. The van der Waals surface area contributed by atoms with E-state index in [-0.39, 0.29) is 18.6 Å². The van der Waals surface area contributed by atoms with Gasteiger partial charge in [-0.05, 0) is 43.3 Å². The topological polar surface area (TPSA) is 92.6 Å². The SMILES string of the molecule is C#CCOc1ccc(/C=C/C(=O)Nc2ccccc2C#N)c(OC2CCNC2)c1OC. The van der Waals surface area contributed by atoms with Gasteiger partial charge in [-0.15, -0.1) is 6.42 Å². The molecule has 1 amide bonds. The molecule has 7 heteroatoms. The van der Waals surface area contributed by atoms with Crippen LogP contribution < -0.4 is 24.8 Å². The average Bonchev–Trinajstić information content (AvgIpc) is 3.30. The van der Waals surface area contributed by atoms with Crippen LogP contribution in [0, 0.1) is 23.7 Å². The van der Waals surface area contributed by atoms with Gasteiger partial charge in [0, 0.05) is 18.2 Å². The zero-order valence-electron chi connectivity index (χ0n) is 17.2. The lowest BCUT2D eigenvalue weighted by molar-refractivity contribution is -0.111. The van der Waals surface area contributed by atoms with E-state index >= 15 is 0 Å². The molecule has 0 aliphatic carbocycles. The number of anilines is 1. The highest BCUT2D eigenvalue weighted by molar-refractivity contribution is 6.02. The lowest BCUT2D eigenvalue weighted by Gasteiger charge is -2.20. The summed E-state index contributed by atoms with van der Waals surface area (Å²) in [6.07, 6.45) is 9.14. The van der Waals surface area contributed by atoms with Crippen molar-refractivity contribution in [3.05, 3.63) is 53.6 Å². The summed E-state index contributed by atoms with van der Waals surface area (Å²) in [5, 5.41) is 15.1. The second-order valence-corrected chi connectivity index (χ2v) is 6.72. The molecule has 0 spiro atoms. The molecule has 0 bridgehead atoms. The van der Waals surface area contributed by atoms with Crippen LogP contribution in [0.2, 0.25) is 0 Å². The first kappa shape index (κ1) is 21.8. The summed E-state index contributed by atoms with van der Waals surface area (Å²) in [6.45, 7) is 1.68. The first-order chi connectivity index (χ1) is 15.2. The molecule has 1 aliphatic rings. The lowest BCUT2D eigenvalue weighted by atomic mass is 10.1. The molecule has 2 N–H and O–H groups in total. The summed E-state index contributed by atoms with van der Waals surface area (Å²) in [7, 11) is 1.52. The molecule has 1 heterocycles. The molecular formula is C24H23N3O4. The van der Waals surface area contributed by atoms with Crippen LogP contribution in [-0.4, -0.2) is 38.8 Å². The molecule has 1 atom stereocenters. The van der Waals surface area contributed by atoms with E-state index in [1.807, 2.05) is 0 Å². The molecule has 1 saturated heterocycles. The third-order valence-electron chi connectivity index (χ3n) is 4.64. The molecule has 1 aliphatic heterocycles. The quantitative estimate of drug-likeness (QED) is 0.507. The Morgan fingerprint density at radius 2 is 2.16 bits per heavy atom. The molecule has 3 rings (SSSR count). The third-order valence-corrected chi connectivity index (χ3v) is 4.64. The standard InChI is InChI=1S/C24H23N3O4/c1-3-14-30-21-10-8-17(23(24(21)29-2)31-19-12-13-26-16-19)9-11-22(28)27-20-7-5-4-6-18(20)15-25/h1,4-11,19,26H,12-14,16H2,2H3,(H,27,28)/b11-9+. The van der Waals surface area contributed by atoms with Crippen LogP contribution in [-0.2, 0) is 4.79 Å². The van der Waals surface area contributed by atoms with Crippen LogP contribution in [0.3, 0.4) is 0 Å². The molecule has 158 valence electrons. The van der Waals surface area contributed by atoms with E-state index in [0.717, 1.165) is 13.0 Å². The predicted molar refractivity (Wildman–Crippen MR) is 118 cm³/mol. The summed E-state index contributed by atoms with van der Waals surface area (Å²) in [5.74, 6) is 3.42. The van der Waals surface area contributed by atoms with Gasteiger partial charge < -0.3 is 24.8 Å². The average molecular weight is 417 g/mol. The highest BCUT2D eigenvalue weighted by Crippen LogP contribution is 2.41. The highest BCUT2D eigenvalue weighted by Gasteiger charge is 2.22. The Morgan fingerprint density at radius 3 is 2.87 bits per heavy atom. The number of ether oxygens (including phenoxy) is 3. The van der Waals surface area contributed by atoms with Crippen LogP contribution in [0.1, 0.15) is 17.5 Å². The van der Waals surface area contributed by atoms with Crippen molar-refractivity contribution in [2.75, 3.05) is 32.1 Å². The van der Waals surface area contributed by atoms with E-state index in [1.165, 1.54) is 13.2 Å². The number of nitrogens with one attached hydrogen (secondary N) is 2. The maximum Gasteiger partial charge on any atom is 0.248 e. The molecule has 1 unspecified atom stereocenters. The third kappa shape index (κ3) is 5.57. The van der Waals surface area contributed by atoms with Crippen LogP contribution >= 0.6 is 0 Å².